The summed E-state index contributed by atoms with van der Waals surface area (Å²) in [6, 6.07) is 7.12. The van der Waals surface area contributed by atoms with E-state index in [1.54, 1.807) is 39.0 Å². The van der Waals surface area contributed by atoms with Crippen LogP contribution < -0.4 is 4.72 Å². The van der Waals surface area contributed by atoms with E-state index >= 15 is 0 Å². The van der Waals surface area contributed by atoms with Gasteiger partial charge < -0.3 is 0 Å². The van der Waals surface area contributed by atoms with Crippen LogP contribution in [0.15, 0.2) is 27.6 Å². The van der Waals surface area contributed by atoms with Crippen LogP contribution in [0.5, 0.6) is 0 Å². The Kier molecular flexibility index (Phi) is 4.54. The second-order valence-corrected chi connectivity index (χ2v) is 7.38. The Hall–Kier alpha value is -0.900. The largest absolute Gasteiger partial charge is 0.240 e. The Bertz CT molecular complexity index is 589. The summed E-state index contributed by atoms with van der Waals surface area (Å²) in [4.78, 5) is 0.227. The second kappa shape index (κ2) is 5.39. The van der Waals surface area contributed by atoms with Gasteiger partial charge in [0.15, 0.2) is 0 Å². The lowest BCUT2D eigenvalue weighted by Gasteiger charge is -2.16. The predicted molar refractivity (Wildman–Crippen MR) is 73.5 cm³/mol. The highest BCUT2D eigenvalue weighted by Crippen LogP contribution is 2.21. The lowest BCUT2D eigenvalue weighted by atomic mass is 9.97. The number of aryl methyl sites for hydroxylation is 1. The maximum atomic E-state index is 12.1. The molecule has 0 spiro atoms. The van der Waals surface area contributed by atoms with Crippen LogP contribution in [0.1, 0.15) is 19.4 Å². The van der Waals surface area contributed by atoms with E-state index in [1.165, 1.54) is 0 Å². The van der Waals surface area contributed by atoms with Crippen molar-refractivity contribution in [1.29, 1.82) is 5.26 Å². The molecule has 1 N–H and O–H groups in total. The number of hydrogen-bond acceptors (Lipinski definition) is 3. The van der Waals surface area contributed by atoms with Gasteiger partial charge in [-0.25, -0.2) is 13.1 Å². The highest BCUT2D eigenvalue weighted by molar-refractivity contribution is 9.10. The smallest absolute Gasteiger partial charge is 0.210 e. The first-order chi connectivity index (χ1) is 8.18. The van der Waals surface area contributed by atoms with Gasteiger partial charge in [-0.2, -0.15) is 5.26 Å². The van der Waals surface area contributed by atoms with Gasteiger partial charge in [-0.05, 0) is 38.5 Å². The first kappa shape index (κ1) is 15.2. The summed E-state index contributed by atoms with van der Waals surface area (Å²) in [5.74, 6) is 0. The molecule has 4 nitrogen and oxygen atoms in total. The van der Waals surface area contributed by atoms with Crippen molar-refractivity contribution in [3.8, 4) is 6.07 Å². The van der Waals surface area contributed by atoms with Crippen molar-refractivity contribution >= 4 is 26.0 Å². The van der Waals surface area contributed by atoms with E-state index < -0.39 is 15.4 Å². The van der Waals surface area contributed by atoms with Crippen molar-refractivity contribution in [3.63, 3.8) is 0 Å². The fourth-order valence-corrected chi connectivity index (χ4v) is 3.25. The summed E-state index contributed by atoms with van der Waals surface area (Å²) < 4.78 is 27.4. The van der Waals surface area contributed by atoms with Crippen molar-refractivity contribution in [2.24, 2.45) is 5.41 Å². The normalized spacial score (nSPS) is 12.2. The third-order valence-electron chi connectivity index (χ3n) is 2.45. The molecule has 1 aromatic rings. The van der Waals surface area contributed by atoms with Gasteiger partial charge in [0, 0.05) is 11.0 Å². The summed E-state index contributed by atoms with van der Waals surface area (Å²) in [7, 11) is -3.59. The maximum absolute atomic E-state index is 12.1. The van der Waals surface area contributed by atoms with Crippen molar-refractivity contribution in [2.45, 2.75) is 25.7 Å². The minimum absolute atomic E-state index is 0.0811. The molecule has 0 heterocycles. The molecule has 0 aromatic heterocycles. The van der Waals surface area contributed by atoms with Crippen LogP contribution in [0.25, 0.3) is 0 Å². The number of rotatable bonds is 4. The van der Waals surface area contributed by atoms with Gasteiger partial charge in [0.1, 0.15) is 0 Å². The highest BCUT2D eigenvalue weighted by atomic mass is 79.9. The first-order valence-corrected chi connectivity index (χ1v) is 7.63. The molecule has 0 atom stereocenters. The molecule has 0 fully saturated rings. The number of nitriles is 1. The van der Waals surface area contributed by atoms with Crippen molar-refractivity contribution in [1.82, 2.24) is 4.72 Å². The molecule has 0 unspecified atom stereocenters. The Labute approximate surface area is 116 Å². The van der Waals surface area contributed by atoms with Crippen LogP contribution in [-0.4, -0.2) is 15.0 Å². The molecule has 98 valence electrons. The zero-order valence-electron chi connectivity index (χ0n) is 10.5. The fourth-order valence-electron chi connectivity index (χ4n) is 1.26. The summed E-state index contributed by atoms with van der Waals surface area (Å²) in [6.45, 7) is 5.18. The molecule has 0 radical (unpaired) electrons. The molecule has 6 heteroatoms. The van der Waals surface area contributed by atoms with Crippen molar-refractivity contribution in [2.75, 3.05) is 6.54 Å². The molecule has 1 rings (SSSR count). The molecule has 1 aromatic carbocycles. The summed E-state index contributed by atoms with van der Waals surface area (Å²) in [5, 5.41) is 8.87. The average molecular weight is 331 g/mol. The molecular weight excluding hydrogens is 316 g/mol. The zero-order valence-corrected chi connectivity index (χ0v) is 12.9. The van der Waals surface area contributed by atoms with E-state index in [1.807, 2.05) is 0 Å². The monoisotopic (exact) mass is 330 g/mol. The summed E-state index contributed by atoms with van der Waals surface area (Å²) in [6.07, 6.45) is 0. The molecule has 0 aliphatic heterocycles. The Morgan fingerprint density at radius 1 is 1.44 bits per heavy atom. The van der Waals surface area contributed by atoms with E-state index in [0.717, 1.165) is 0 Å². The number of halogens is 1. The predicted octanol–water partition coefficient (Wildman–Crippen LogP) is 2.59. The van der Waals surface area contributed by atoms with Gasteiger partial charge >= 0.3 is 0 Å². The van der Waals surface area contributed by atoms with E-state index in [-0.39, 0.29) is 11.4 Å². The molecule has 18 heavy (non-hydrogen) atoms. The molecular formula is C12H15BrN2O2S. The van der Waals surface area contributed by atoms with Gasteiger partial charge in [-0.15, -0.1) is 0 Å². The lowest BCUT2D eigenvalue weighted by Crippen LogP contribution is -2.33. The standard InChI is InChI=1S/C12H15BrN2O2S/c1-9-4-5-10(13)6-11(9)18(16,17)15-8-12(2,3)7-14/h4-6,15H,8H2,1-3H3. The summed E-state index contributed by atoms with van der Waals surface area (Å²) in [5.41, 5.74) is -0.0621. The lowest BCUT2D eigenvalue weighted by molar-refractivity contribution is 0.478. The molecule has 0 saturated heterocycles. The fraction of sp³-hybridized carbons (Fsp3) is 0.417. The van der Waals surface area contributed by atoms with E-state index in [0.29, 0.717) is 10.0 Å². The zero-order chi connectivity index (χ0) is 14.0. The van der Waals surface area contributed by atoms with Crippen LogP contribution in [0.3, 0.4) is 0 Å². The summed E-state index contributed by atoms with van der Waals surface area (Å²) >= 11 is 3.25. The molecule has 0 aliphatic rings. The number of hydrogen-bond donors (Lipinski definition) is 1. The van der Waals surface area contributed by atoms with Gasteiger partial charge in [0.05, 0.1) is 16.4 Å². The quantitative estimate of drug-likeness (QED) is 0.922. The SMILES string of the molecule is Cc1ccc(Br)cc1S(=O)(=O)NCC(C)(C)C#N. The van der Waals surface area contributed by atoms with Crippen LogP contribution in [-0.2, 0) is 10.0 Å². The molecule has 0 amide bonds. The Morgan fingerprint density at radius 3 is 2.61 bits per heavy atom. The van der Waals surface area contributed by atoms with Gasteiger partial charge in [-0.1, -0.05) is 22.0 Å². The van der Waals surface area contributed by atoms with Gasteiger partial charge in [0.2, 0.25) is 10.0 Å². The topological polar surface area (TPSA) is 70.0 Å². The van der Waals surface area contributed by atoms with Crippen LogP contribution >= 0.6 is 15.9 Å². The van der Waals surface area contributed by atoms with Crippen LogP contribution in [0.4, 0.5) is 0 Å². The van der Waals surface area contributed by atoms with Gasteiger partial charge in [0.25, 0.3) is 0 Å². The molecule has 0 aliphatic carbocycles. The average Bonchev–Trinajstić information content (AvgIpc) is 2.30. The van der Waals surface area contributed by atoms with Crippen molar-refractivity contribution < 1.29 is 8.42 Å². The van der Waals surface area contributed by atoms with Crippen LogP contribution in [0, 0.1) is 23.7 Å². The van der Waals surface area contributed by atoms with E-state index in [2.05, 4.69) is 26.7 Å². The number of sulfonamides is 1. The number of nitrogens with zero attached hydrogens (tertiary/aromatic N) is 1. The van der Waals surface area contributed by atoms with E-state index in [4.69, 9.17) is 5.26 Å². The third kappa shape index (κ3) is 3.80. The third-order valence-corrected chi connectivity index (χ3v) is 4.48. The molecule has 0 saturated carbocycles. The van der Waals surface area contributed by atoms with Gasteiger partial charge in [-0.3, -0.25) is 0 Å². The Balaban J connectivity index is 3.02. The molecule has 0 bridgehead atoms. The number of nitrogens with one attached hydrogen (secondary N) is 1. The first-order valence-electron chi connectivity index (χ1n) is 5.35. The maximum Gasteiger partial charge on any atom is 0.240 e. The number of benzene rings is 1. The Morgan fingerprint density at radius 2 is 2.06 bits per heavy atom. The highest BCUT2D eigenvalue weighted by Gasteiger charge is 2.23. The second-order valence-electron chi connectivity index (χ2n) is 4.73. The van der Waals surface area contributed by atoms with E-state index in [9.17, 15) is 8.42 Å². The minimum atomic E-state index is -3.59. The van der Waals surface area contributed by atoms with Crippen molar-refractivity contribution in [3.05, 3.63) is 28.2 Å². The van der Waals surface area contributed by atoms with Crippen LogP contribution in [0.2, 0.25) is 0 Å². The minimum Gasteiger partial charge on any atom is -0.210 e.